The summed E-state index contributed by atoms with van der Waals surface area (Å²) in [7, 11) is -1.42. The average molecular weight is 166 g/mol. The van der Waals surface area contributed by atoms with E-state index in [0.29, 0.717) is 0 Å². The fourth-order valence-corrected chi connectivity index (χ4v) is 0. The van der Waals surface area contributed by atoms with Crippen molar-refractivity contribution in [2.45, 2.75) is 0 Å². The van der Waals surface area contributed by atoms with E-state index in [0.717, 1.165) is 0 Å². The van der Waals surface area contributed by atoms with Crippen molar-refractivity contribution in [3.63, 3.8) is 0 Å². The maximum atomic E-state index is 8.40. The molecule has 4 radical (unpaired) electrons. The quantitative estimate of drug-likeness (QED) is 0.354. The summed E-state index contributed by atoms with van der Waals surface area (Å²) in [6.45, 7) is 0. The van der Waals surface area contributed by atoms with Gasteiger partial charge in [0.05, 0.1) is 0 Å². The molecule has 4 N–H and O–H groups in total. The Morgan fingerprint density at radius 2 is 1.00 bits per heavy atom. The summed E-state index contributed by atoms with van der Waals surface area (Å²) < 4.78 is 25.0. The molecule has 0 rings (SSSR count). The van der Waals surface area contributed by atoms with Crippen molar-refractivity contribution >= 4 is 42.9 Å². The van der Waals surface area contributed by atoms with Crippen molar-refractivity contribution in [1.82, 2.24) is 0 Å². The van der Waals surface area contributed by atoms with Gasteiger partial charge in [-0.15, -0.1) is 0 Å². The molecule has 0 aromatic carbocycles. The molecule has 0 fully saturated rings. The van der Waals surface area contributed by atoms with Crippen molar-refractivity contribution in [3.05, 3.63) is 0 Å². The molecule has 0 aliphatic carbocycles. The van der Waals surface area contributed by atoms with Gasteiger partial charge in [-0.25, -0.2) is 0 Å². The first-order chi connectivity index (χ1) is 2.41. The zero-order valence-electron chi connectivity index (χ0n) is 3.88. The van der Waals surface area contributed by atoms with E-state index in [2.05, 4.69) is 0 Å². The van der Waals surface area contributed by atoms with Crippen LogP contribution in [0, 0.1) is 0 Å². The van der Waals surface area contributed by atoms with Crippen LogP contribution >= 0.6 is 0 Å². The van der Waals surface area contributed by atoms with Crippen molar-refractivity contribution in [2.75, 3.05) is 0 Å². The summed E-state index contributed by atoms with van der Waals surface area (Å²) in [5, 5.41) is 0. The molecule has 8 heteroatoms. The molecule has 0 atom stereocenters. The Morgan fingerprint density at radius 1 is 1.00 bits per heavy atom. The molecule has 5 nitrogen and oxygen atoms in total. The molecule has 0 saturated carbocycles. The standard InChI is InChI=1S/2Al.O2Si.2H2O.O/c;;1-3-2;;;/h;;;2*1H2;. The van der Waals surface area contributed by atoms with E-state index < -0.39 is 9.29 Å². The van der Waals surface area contributed by atoms with Gasteiger partial charge < -0.3 is 11.0 Å². The van der Waals surface area contributed by atoms with Gasteiger partial charge in [-0.1, -0.05) is 0 Å². The minimum atomic E-state index is -1.42. The molecule has 0 unspecified atom stereocenters. The monoisotopic (exact) mass is 166 g/mol. The van der Waals surface area contributed by atoms with Crippen molar-refractivity contribution in [1.29, 1.82) is 0 Å². The normalized spacial score (nSPS) is 1.38. The predicted octanol–water partition coefficient (Wildman–Crippen LogP) is -3.15. The van der Waals surface area contributed by atoms with E-state index in [-0.39, 0.29) is 28.3 Å². The Morgan fingerprint density at radius 3 is 1.00 bits per heavy atom. The maximum absolute atomic E-state index is 8.40. The van der Waals surface area contributed by atoms with Crippen LogP contribution in [0.3, 0.4) is 0 Å². The molecule has 0 aromatic heterocycles. The van der Waals surface area contributed by atoms with E-state index in [4.69, 9.17) is 12.7 Å². The van der Waals surface area contributed by atoms with Crippen LogP contribution in [-0.4, -0.2) is 53.8 Å². The SMILES string of the molecule is O.O.O=[Si]=O.[Al].[O]=[Al]. The van der Waals surface area contributed by atoms with Crippen molar-refractivity contribution in [3.8, 4) is 0 Å². The average Bonchev–Trinajstić information content (AvgIpc) is 1.46. The fourth-order valence-electron chi connectivity index (χ4n) is 0. The second kappa shape index (κ2) is 129. The van der Waals surface area contributed by atoms with E-state index >= 15 is 0 Å². The Hall–Kier alpha value is 0.602. The second-order valence-corrected chi connectivity index (χ2v) is 0.250. The van der Waals surface area contributed by atoms with Gasteiger partial charge in [-0.05, 0) is 0 Å². The number of hydrogen-bond donors (Lipinski definition) is 0. The summed E-state index contributed by atoms with van der Waals surface area (Å²) in [5.74, 6) is 0. The Kier molecular flexibility index (Phi) is 618. The molecule has 0 amide bonds. The summed E-state index contributed by atoms with van der Waals surface area (Å²) in [5.41, 5.74) is 0. The van der Waals surface area contributed by atoms with E-state index in [1.54, 1.807) is 0 Å². The van der Waals surface area contributed by atoms with Gasteiger partial charge in [0.25, 0.3) is 0 Å². The van der Waals surface area contributed by atoms with Crippen LogP contribution in [0.2, 0.25) is 0 Å². The number of rotatable bonds is 0. The summed E-state index contributed by atoms with van der Waals surface area (Å²) in [6, 6.07) is 0. The molecular weight excluding hydrogens is 162 g/mol. The third-order valence-corrected chi connectivity index (χ3v) is 0. The first kappa shape index (κ1) is 38.3. The van der Waals surface area contributed by atoms with Crippen LogP contribution in [0.15, 0.2) is 0 Å². The molecule has 0 heterocycles. The van der Waals surface area contributed by atoms with Gasteiger partial charge in [0.2, 0.25) is 0 Å². The molecule has 0 spiro atoms. The minimum absolute atomic E-state index is 0. The van der Waals surface area contributed by atoms with Gasteiger partial charge in [0, 0.05) is 17.4 Å². The Labute approximate surface area is 66.8 Å². The molecular formula is H4Al2O5Si. The van der Waals surface area contributed by atoms with Crippen molar-refractivity contribution < 1.29 is 23.7 Å². The molecule has 0 aliphatic rings. The van der Waals surface area contributed by atoms with Gasteiger partial charge in [-0.2, -0.15) is 0 Å². The van der Waals surface area contributed by atoms with Crippen molar-refractivity contribution in [2.24, 2.45) is 0 Å². The molecule has 8 heavy (non-hydrogen) atoms. The molecule has 0 saturated heterocycles. The van der Waals surface area contributed by atoms with Crippen LogP contribution in [-0.2, 0) is 12.7 Å². The second-order valence-electron chi connectivity index (χ2n) is 0.0833. The van der Waals surface area contributed by atoms with Crippen LogP contribution in [0.25, 0.3) is 0 Å². The zero-order valence-corrected chi connectivity index (χ0v) is 7.19. The molecule has 0 bridgehead atoms. The van der Waals surface area contributed by atoms with Gasteiger partial charge >= 0.3 is 29.3 Å². The number of hydrogen-bond acceptors (Lipinski definition) is 3. The Bertz CT molecular complexity index is 39.7. The van der Waals surface area contributed by atoms with E-state index in [9.17, 15) is 0 Å². The van der Waals surface area contributed by atoms with Gasteiger partial charge in [0.15, 0.2) is 0 Å². The zero-order chi connectivity index (χ0) is 4.71. The molecule has 0 aliphatic heterocycles. The Balaban J connectivity index is -0.00000000567. The third kappa shape index (κ3) is 572. The summed E-state index contributed by atoms with van der Waals surface area (Å²) in [4.78, 5) is 0. The molecule has 0 aromatic rings. The van der Waals surface area contributed by atoms with E-state index in [1.165, 1.54) is 16.2 Å². The predicted molar refractivity (Wildman–Crippen MR) is 26.5 cm³/mol. The van der Waals surface area contributed by atoms with Crippen LogP contribution in [0.5, 0.6) is 0 Å². The topological polar surface area (TPSA) is 114 Å². The fraction of sp³-hybridized carbons (Fsp3) is 0. The first-order valence-corrected chi connectivity index (χ1v) is 1.93. The van der Waals surface area contributed by atoms with Gasteiger partial charge in [-0.3, -0.25) is 8.92 Å². The van der Waals surface area contributed by atoms with Crippen LogP contribution in [0.1, 0.15) is 0 Å². The van der Waals surface area contributed by atoms with Gasteiger partial charge in [0.1, 0.15) is 0 Å². The first-order valence-electron chi connectivity index (χ1n) is 0.644. The molecule has 44 valence electrons. The third-order valence-electron chi connectivity index (χ3n) is 0. The summed E-state index contributed by atoms with van der Waals surface area (Å²) >= 11 is 1.17. The summed E-state index contributed by atoms with van der Waals surface area (Å²) in [6.07, 6.45) is 0. The van der Waals surface area contributed by atoms with E-state index in [1.807, 2.05) is 0 Å². The van der Waals surface area contributed by atoms with Crippen LogP contribution in [0.4, 0.5) is 0 Å². The van der Waals surface area contributed by atoms with Crippen LogP contribution < -0.4 is 0 Å².